The Labute approximate surface area is 112 Å². The van der Waals surface area contributed by atoms with Gasteiger partial charge in [0.15, 0.2) is 0 Å². The summed E-state index contributed by atoms with van der Waals surface area (Å²) < 4.78 is 0. The maximum Gasteiger partial charge on any atom is 0.237 e. The zero-order valence-electron chi connectivity index (χ0n) is 12.2. The minimum Gasteiger partial charge on any atom is -0.336 e. The molecule has 3 heteroatoms. The summed E-state index contributed by atoms with van der Waals surface area (Å²) in [7, 11) is 0. The number of carbonyl (C=O) groups is 1. The van der Waals surface area contributed by atoms with Crippen molar-refractivity contribution in [3.05, 3.63) is 0 Å². The fraction of sp³-hybridized carbons (Fsp3) is 0.933. The predicted molar refractivity (Wildman–Crippen MR) is 74.5 cm³/mol. The highest BCUT2D eigenvalue weighted by Crippen LogP contribution is 2.23. The van der Waals surface area contributed by atoms with Gasteiger partial charge in [0.05, 0.1) is 6.54 Å². The lowest BCUT2D eigenvalue weighted by molar-refractivity contribution is -0.139. The van der Waals surface area contributed by atoms with Crippen LogP contribution < -0.4 is 0 Å². The molecule has 18 heavy (non-hydrogen) atoms. The van der Waals surface area contributed by atoms with Gasteiger partial charge in [-0.25, -0.2) is 0 Å². The molecule has 2 rings (SSSR count). The van der Waals surface area contributed by atoms with Gasteiger partial charge in [0.2, 0.25) is 5.91 Å². The first-order chi connectivity index (χ1) is 8.59. The number of amides is 1. The van der Waals surface area contributed by atoms with Crippen molar-refractivity contribution < 1.29 is 4.79 Å². The Bertz CT molecular complexity index is 282. The fourth-order valence-corrected chi connectivity index (χ4v) is 3.56. The highest BCUT2D eigenvalue weighted by Gasteiger charge is 2.31. The minimum atomic E-state index is 0.350. The number of carbonyl (C=O) groups excluding carboxylic acids is 1. The standard InChI is InChI=1S/C15H28N2O/c1-12-7-4-5-10-16(12)11-15(18)17-13(2)8-6-9-14(17)3/h12-14H,4-11H2,1-3H3/t12-,13-,14+/m1/s1. The summed E-state index contributed by atoms with van der Waals surface area (Å²) in [5.74, 6) is 0.350. The van der Waals surface area contributed by atoms with Crippen molar-refractivity contribution in [3.63, 3.8) is 0 Å². The molecule has 2 aliphatic heterocycles. The number of nitrogens with zero attached hydrogens (tertiary/aromatic N) is 2. The highest BCUT2D eigenvalue weighted by molar-refractivity contribution is 5.79. The van der Waals surface area contributed by atoms with Crippen LogP contribution in [0.15, 0.2) is 0 Å². The molecule has 0 unspecified atom stereocenters. The van der Waals surface area contributed by atoms with Crippen LogP contribution in [0.1, 0.15) is 59.3 Å². The molecule has 0 aromatic heterocycles. The van der Waals surface area contributed by atoms with Crippen LogP contribution in [0.4, 0.5) is 0 Å². The first-order valence-corrected chi connectivity index (χ1v) is 7.65. The molecule has 3 atom stereocenters. The Hall–Kier alpha value is -0.570. The molecule has 2 saturated heterocycles. The topological polar surface area (TPSA) is 23.6 Å². The van der Waals surface area contributed by atoms with Crippen molar-refractivity contribution in [1.82, 2.24) is 9.80 Å². The highest BCUT2D eigenvalue weighted by atomic mass is 16.2. The second-order valence-electron chi connectivity index (χ2n) is 6.25. The van der Waals surface area contributed by atoms with Crippen LogP contribution in [0, 0.1) is 0 Å². The lowest BCUT2D eigenvalue weighted by Crippen LogP contribution is -2.52. The molecule has 3 nitrogen and oxygen atoms in total. The van der Waals surface area contributed by atoms with E-state index < -0.39 is 0 Å². The molecular formula is C15H28N2O. The lowest BCUT2D eigenvalue weighted by atomic mass is 9.97. The molecule has 0 radical (unpaired) electrons. The lowest BCUT2D eigenvalue weighted by Gasteiger charge is -2.41. The van der Waals surface area contributed by atoms with Gasteiger partial charge >= 0.3 is 0 Å². The van der Waals surface area contributed by atoms with Crippen LogP contribution in [0.25, 0.3) is 0 Å². The van der Waals surface area contributed by atoms with Crippen LogP contribution in [-0.4, -0.2) is 46.9 Å². The van der Waals surface area contributed by atoms with E-state index in [1.807, 2.05) is 0 Å². The van der Waals surface area contributed by atoms with Crippen molar-refractivity contribution >= 4 is 5.91 Å². The third-order valence-corrected chi connectivity index (χ3v) is 4.76. The van der Waals surface area contributed by atoms with Crippen molar-refractivity contribution in [1.29, 1.82) is 0 Å². The Balaban J connectivity index is 1.93. The molecule has 0 aromatic carbocycles. The number of piperidine rings is 2. The monoisotopic (exact) mass is 252 g/mol. The van der Waals surface area contributed by atoms with E-state index in [0.717, 1.165) is 6.54 Å². The number of rotatable bonds is 2. The van der Waals surface area contributed by atoms with E-state index in [0.29, 0.717) is 30.6 Å². The average Bonchev–Trinajstić information content (AvgIpc) is 2.32. The molecule has 0 spiro atoms. The Morgan fingerprint density at radius 1 is 0.944 bits per heavy atom. The van der Waals surface area contributed by atoms with Gasteiger partial charge < -0.3 is 4.90 Å². The quantitative estimate of drug-likeness (QED) is 0.754. The molecular weight excluding hydrogens is 224 g/mol. The van der Waals surface area contributed by atoms with E-state index in [9.17, 15) is 4.79 Å². The first-order valence-electron chi connectivity index (χ1n) is 7.65. The largest absolute Gasteiger partial charge is 0.336 e. The van der Waals surface area contributed by atoms with Gasteiger partial charge in [-0.15, -0.1) is 0 Å². The maximum atomic E-state index is 12.5. The van der Waals surface area contributed by atoms with E-state index in [-0.39, 0.29) is 0 Å². The zero-order valence-corrected chi connectivity index (χ0v) is 12.2. The molecule has 0 aromatic rings. The smallest absolute Gasteiger partial charge is 0.237 e. The summed E-state index contributed by atoms with van der Waals surface area (Å²) in [6.45, 7) is 8.40. The van der Waals surface area contributed by atoms with Gasteiger partial charge in [-0.2, -0.15) is 0 Å². The second-order valence-corrected chi connectivity index (χ2v) is 6.25. The molecule has 2 heterocycles. The van der Waals surface area contributed by atoms with Crippen molar-refractivity contribution in [2.75, 3.05) is 13.1 Å². The second kappa shape index (κ2) is 6.05. The zero-order chi connectivity index (χ0) is 13.1. The van der Waals surface area contributed by atoms with Crippen molar-refractivity contribution in [2.24, 2.45) is 0 Å². The minimum absolute atomic E-state index is 0.350. The summed E-state index contributed by atoms with van der Waals surface area (Å²) in [6.07, 6.45) is 7.44. The maximum absolute atomic E-state index is 12.5. The van der Waals surface area contributed by atoms with Crippen molar-refractivity contribution in [2.45, 2.75) is 77.4 Å². The van der Waals surface area contributed by atoms with Crippen LogP contribution >= 0.6 is 0 Å². The normalized spacial score (nSPS) is 34.6. The molecule has 0 N–H and O–H groups in total. The summed E-state index contributed by atoms with van der Waals surface area (Å²) >= 11 is 0. The van der Waals surface area contributed by atoms with Gasteiger partial charge in [-0.05, 0) is 59.4 Å². The summed E-state index contributed by atoms with van der Waals surface area (Å²) in [4.78, 5) is 17.0. The Morgan fingerprint density at radius 3 is 2.17 bits per heavy atom. The van der Waals surface area contributed by atoms with Gasteiger partial charge in [-0.3, -0.25) is 9.69 Å². The van der Waals surface area contributed by atoms with E-state index in [4.69, 9.17) is 0 Å². The van der Waals surface area contributed by atoms with E-state index >= 15 is 0 Å². The van der Waals surface area contributed by atoms with Gasteiger partial charge in [-0.1, -0.05) is 6.42 Å². The fourth-order valence-electron chi connectivity index (χ4n) is 3.56. The van der Waals surface area contributed by atoms with E-state index in [2.05, 4.69) is 30.6 Å². The van der Waals surface area contributed by atoms with Crippen LogP contribution in [0.2, 0.25) is 0 Å². The molecule has 1 amide bonds. The third kappa shape index (κ3) is 3.05. The van der Waals surface area contributed by atoms with Crippen molar-refractivity contribution in [3.8, 4) is 0 Å². The summed E-state index contributed by atoms with van der Waals surface area (Å²) in [5, 5.41) is 0. The number of likely N-dealkylation sites (tertiary alicyclic amines) is 2. The van der Waals surface area contributed by atoms with Crippen LogP contribution in [0.5, 0.6) is 0 Å². The molecule has 2 aliphatic rings. The van der Waals surface area contributed by atoms with Crippen LogP contribution in [-0.2, 0) is 4.79 Å². The number of hydrogen-bond donors (Lipinski definition) is 0. The molecule has 0 aliphatic carbocycles. The SMILES string of the molecule is C[C@@H]1CCCCN1CC(=O)N1[C@H](C)CCC[C@@H]1C. The molecule has 0 bridgehead atoms. The Kier molecular flexibility index (Phi) is 4.66. The first kappa shape index (κ1) is 13.9. The summed E-state index contributed by atoms with van der Waals surface area (Å²) in [6, 6.07) is 1.45. The van der Waals surface area contributed by atoms with Gasteiger partial charge in [0.1, 0.15) is 0 Å². The molecule has 104 valence electrons. The van der Waals surface area contributed by atoms with Crippen LogP contribution in [0.3, 0.4) is 0 Å². The summed E-state index contributed by atoms with van der Waals surface area (Å²) in [5.41, 5.74) is 0. The average molecular weight is 252 g/mol. The molecule has 0 saturated carbocycles. The van der Waals surface area contributed by atoms with Gasteiger partial charge in [0.25, 0.3) is 0 Å². The number of hydrogen-bond acceptors (Lipinski definition) is 2. The van der Waals surface area contributed by atoms with E-state index in [1.54, 1.807) is 0 Å². The third-order valence-electron chi connectivity index (χ3n) is 4.76. The molecule has 2 fully saturated rings. The van der Waals surface area contributed by atoms with E-state index in [1.165, 1.54) is 38.5 Å². The predicted octanol–water partition coefficient (Wildman–Crippen LogP) is 2.65. The Morgan fingerprint density at radius 2 is 1.56 bits per heavy atom. The van der Waals surface area contributed by atoms with Gasteiger partial charge in [0, 0.05) is 18.1 Å².